The minimum Gasteiger partial charge on any atom is -0.439 e. The highest BCUT2D eigenvalue weighted by Crippen LogP contribution is 2.35. The normalized spacial score (nSPS) is 11.2. The second-order valence-corrected chi connectivity index (χ2v) is 6.18. The maximum atomic E-state index is 6.04. The fraction of sp³-hybridized carbons (Fsp3) is 0.167. The van der Waals surface area contributed by atoms with Gasteiger partial charge in [-0.25, -0.2) is 9.97 Å². The largest absolute Gasteiger partial charge is 0.439 e. The number of aryl methyl sites for hydroxylation is 2. The van der Waals surface area contributed by atoms with Gasteiger partial charge in [0.1, 0.15) is 6.26 Å². The topological polar surface area (TPSA) is 64.9 Å². The van der Waals surface area contributed by atoms with Crippen LogP contribution in [-0.4, -0.2) is 9.97 Å². The first-order valence-corrected chi connectivity index (χ1v) is 7.02. The lowest BCUT2D eigenvalue weighted by molar-refractivity contribution is 0.454. The molecule has 0 amide bonds. The number of rotatable bonds is 2. The number of oxazole rings is 1. The monoisotopic (exact) mass is 277 g/mol. The number of nitrogens with two attached hydrogens (primary N) is 1. The zero-order valence-corrected chi connectivity index (χ0v) is 11.6. The van der Waals surface area contributed by atoms with Crippen LogP contribution in [0.3, 0.4) is 0 Å². The van der Waals surface area contributed by atoms with Crippen LogP contribution in [0.2, 0.25) is 0 Å². The summed E-state index contributed by atoms with van der Waals surface area (Å²) in [5, 5.41) is 1.64. The third-order valence-electron chi connectivity index (χ3n) is 2.42. The molecule has 2 heterocycles. The number of hydrogen-bond acceptors (Lipinski definition) is 6. The van der Waals surface area contributed by atoms with Crippen LogP contribution in [0.1, 0.15) is 10.7 Å². The van der Waals surface area contributed by atoms with Crippen molar-refractivity contribution in [1.82, 2.24) is 9.97 Å². The van der Waals surface area contributed by atoms with Crippen LogP contribution in [0.15, 0.2) is 32.9 Å². The van der Waals surface area contributed by atoms with Gasteiger partial charge in [0, 0.05) is 10.6 Å². The molecule has 0 spiro atoms. The Labute approximate surface area is 112 Å². The van der Waals surface area contributed by atoms with Gasteiger partial charge in [-0.3, -0.25) is 0 Å². The van der Waals surface area contributed by atoms with E-state index in [1.165, 1.54) is 11.8 Å². The van der Waals surface area contributed by atoms with Crippen molar-refractivity contribution in [1.29, 1.82) is 0 Å². The standard InChI is InChI=1S/C12H11N3OS2/c1-6-5-16-12(14-6)18-10-4-9-11(3-8(10)13)17-7(2)15-9/h3-5H,13H2,1-2H3. The van der Waals surface area contributed by atoms with Crippen LogP contribution in [-0.2, 0) is 0 Å². The van der Waals surface area contributed by atoms with Gasteiger partial charge in [0.15, 0.2) is 0 Å². The molecule has 0 radical (unpaired) electrons. The molecule has 0 saturated heterocycles. The van der Waals surface area contributed by atoms with Crippen molar-refractivity contribution in [3.05, 3.63) is 29.1 Å². The molecule has 0 aliphatic carbocycles. The molecule has 6 heteroatoms. The van der Waals surface area contributed by atoms with E-state index in [1.54, 1.807) is 17.6 Å². The molecule has 2 N–H and O–H groups in total. The molecule has 18 heavy (non-hydrogen) atoms. The summed E-state index contributed by atoms with van der Waals surface area (Å²) in [5.41, 5.74) is 8.60. The lowest BCUT2D eigenvalue weighted by Crippen LogP contribution is -1.88. The average Bonchev–Trinajstić information content (AvgIpc) is 2.85. The molecule has 0 unspecified atom stereocenters. The summed E-state index contributed by atoms with van der Waals surface area (Å²) in [5.74, 6) is 0. The summed E-state index contributed by atoms with van der Waals surface area (Å²) < 4.78 is 6.43. The number of aromatic nitrogens is 2. The number of benzene rings is 1. The van der Waals surface area contributed by atoms with Gasteiger partial charge < -0.3 is 10.2 Å². The van der Waals surface area contributed by atoms with E-state index < -0.39 is 0 Å². The first kappa shape index (κ1) is 11.6. The van der Waals surface area contributed by atoms with E-state index in [9.17, 15) is 0 Å². The molecular weight excluding hydrogens is 266 g/mol. The summed E-state index contributed by atoms with van der Waals surface area (Å²) >= 11 is 3.07. The van der Waals surface area contributed by atoms with Crippen LogP contribution < -0.4 is 5.73 Å². The molecule has 92 valence electrons. The minimum atomic E-state index is 0.602. The van der Waals surface area contributed by atoms with E-state index in [-0.39, 0.29) is 0 Å². The van der Waals surface area contributed by atoms with Crippen LogP contribution in [0.4, 0.5) is 5.69 Å². The summed E-state index contributed by atoms with van der Waals surface area (Å²) in [6, 6.07) is 3.94. The fourth-order valence-corrected chi connectivity index (χ4v) is 3.33. The number of anilines is 1. The number of thiazole rings is 1. The highest BCUT2D eigenvalue weighted by molar-refractivity contribution is 7.99. The highest BCUT2D eigenvalue weighted by Gasteiger charge is 2.10. The second kappa shape index (κ2) is 4.29. The van der Waals surface area contributed by atoms with E-state index in [0.717, 1.165) is 31.5 Å². The fourth-order valence-electron chi connectivity index (χ4n) is 1.65. The highest BCUT2D eigenvalue weighted by atomic mass is 32.2. The number of fused-ring (bicyclic) bond motifs is 1. The molecule has 0 bridgehead atoms. The van der Waals surface area contributed by atoms with Gasteiger partial charge in [-0.1, -0.05) is 0 Å². The van der Waals surface area contributed by atoms with Gasteiger partial charge in [0.05, 0.1) is 20.9 Å². The summed E-state index contributed by atoms with van der Waals surface area (Å²) in [7, 11) is 0. The molecule has 3 aromatic rings. The van der Waals surface area contributed by atoms with Crippen molar-refractivity contribution in [2.45, 2.75) is 24.0 Å². The van der Waals surface area contributed by atoms with Gasteiger partial charge in [-0.2, -0.15) is 0 Å². The van der Waals surface area contributed by atoms with E-state index in [0.29, 0.717) is 5.22 Å². The third kappa shape index (κ3) is 2.09. The molecule has 3 rings (SSSR count). The van der Waals surface area contributed by atoms with Crippen LogP contribution in [0.5, 0.6) is 0 Å². The Morgan fingerprint density at radius 2 is 2.11 bits per heavy atom. The Kier molecular flexibility index (Phi) is 2.76. The summed E-state index contributed by atoms with van der Waals surface area (Å²) in [6.07, 6.45) is 1.63. The zero-order valence-electron chi connectivity index (χ0n) is 9.93. The SMILES string of the molecule is Cc1coc(Sc2cc3nc(C)sc3cc2N)n1. The predicted octanol–water partition coefficient (Wildman–Crippen LogP) is 3.63. The molecule has 1 aromatic carbocycles. The van der Waals surface area contributed by atoms with E-state index in [4.69, 9.17) is 10.2 Å². The van der Waals surface area contributed by atoms with Gasteiger partial charge in [-0.15, -0.1) is 11.3 Å². The predicted molar refractivity (Wildman–Crippen MR) is 74.1 cm³/mol. The molecule has 4 nitrogen and oxygen atoms in total. The zero-order chi connectivity index (χ0) is 12.7. The van der Waals surface area contributed by atoms with Crippen molar-refractivity contribution in [2.24, 2.45) is 0 Å². The molecule has 0 atom stereocenters. The Morgan fingerprint density at radius 3 is 2.83 bits per heavy atom. The smallest absolute Gasteiger partial charge is 0.260 e. The van der Waals surface area contributed by atoms with Crippen molar-refractivity contribution >= 4 is 39.0 Å². The van der Waals surface area contributed by atoms with Crippen LogP contribution in [0.25, 0.3) is 10.2 Å². The second-order valence-electron chi connectivity index (χ2n) is 3.95. The summed E-state index contributed by atoms with van der Waals surface area (Å²) in [4.78, 5) is 9.64. The van der Waals surface area contributed by atoms with Gasteiger partial charge in [0.25, 0.3) is 5.22 Å². The van der Waals surface area contributed by atoms with E-state index >= 15 is 0 Å². The van der Waals surface area contributed by atoms with Crippen molar-refractivity contribution in [3.63, 3.8) is 0 Å². The first-order valence-electron chi connectivity index (χ1n) is 5.38. The first-order chi connectivity index (χ1) is 8.61. The molecule has 0 aliphatic heterocycles. The van der Waals surface area contributed by atoms with Gasteiger partial charge >= 0.3 is 0 Å². The van der Waals surface area contributed by atoms with E-state index in [1.807, 2.05) is 26.0 Å². The molecule has 0 aliphatic rings. The Balaban J connectivity index is 2.02. The maximum absolute atomic E-state index is 6.04. The molecule has 0 fully saturated rings. The number of nitrogen functional groups attached to an aromatic ring is 1. The Hall–Kier alpha value is -1.53. The number of hydrogen-bond donors (Lipinski definition) is 1. The average molecular weight is 277 g/mol. The van der Waals surface area contributed by atoms with Crippen molar-refractivity contribution in [3.8, 4) is 0 Å². The lowest BCUT2D eigenvalue weighted by atomic mass is 10.3. The lowest BCUT2D eigenvalue weighted by Gasteiger charge is -2.01. The van der Waals surface area contributed by atoms with Crippen molar-refractivity contribution in [2.75, 3.05) is 5.73 Å². The summed E-state index contributed by atoms with van der Waals surface area (Å²) in [6.45, 7) is 3.88. The van der Waals surface area contributed by atoms with Gasteiger partial charge in [0.2, 0.25) is 0 Å². The minimum absolute atomic E-state index is 0.602. The van der Waals surface area contributed by atoms with E-state index in [2.05, 4.69) is 9.97 Å². The van der Waals surface area contributed by atoms with Crippen LogP contribution >= 0.6 is 23.1 Å². The molecular formula is C12H11N3OS2. The third-order valence-corrected chi connectivity index (χ3v) is 4.29. The van der Waals surface area contributed by atoms with Gasteiger partial charge in [-0.05, 0) is 37.7 Å². The number of nitrogens with zero attached hydrogens (tertiary/aromatic N) is 2. The molecule has 2 aromatic heterocycles. The van der Waals surface area contributed by atoms with Crippen molar-refractivity contribution < 1.29 is 4.42 Å². The maximum Gasteiger partial charge on any atom is 0.260 e. The molecule has 0 saturated carbocycles. The Morgan fingerprint density at radius 1 is 1.28 bits per heavy atom. The Bertz CT molecular complexity index is 717. The van der Waals surface area contributed by atoms with Crippen LogP contribution in [0, 0.1) is 13.8 Å². The quantitative estimate of drug-likeness (QED) is 0.724.